The number of fused-ring (bicyclic) bond motifs is 1. The molecule has 0 fully saturated rings. The van der Waals surface area contributed by atoms with Crippen molar-refractivity contribution in [2.24, 2.45) is 0 Å². The number of imidazole rings is 1. The van der Waals surface area contributed by atoms with E-state index in [1.807, 2.05) is 25.3 Å². The first-order valence-electron chi connectivity index (χ1n) is 9.88. The maximum atomic E-state index is 13.0. The van der Waals surface area contributed by atoms with Gasteiger partial charge in [0.1, 0.15) is 11.6 Å². The molecule has 3 aromatic rings. The quantitative estimate of drug-likeness (QED) is 0.629. The number of rotatable bonds is 7. The lowest BCUT2D eigenvalue weighted by molar-refractivity contribution is -0.130. The van der Waals surface area contributed by atoms with Crippen LogP contribution in [0.25, 0.3) is 5.65 Å². The molecule has 0 spiro atoms. The molecule has 0 unspecified atom stereocenters. The van der Waals surface area contributed by atoms with E-state index in [-0.39, 0.29) is 18.5 Å². The molecular formula is C22H27N5O4. The predicted molar refractivity (Wildman–Crippen MR) is 119 cm³/mol. The van der Waals surface area contributed by atoms with Gasteiger partial charge >= 0.3 is 6.03 Å². The number of nitrogens with zero attached hydrogens (tertiary/aromatic N) is 4. The summed E-state index contributed by atoms with van der Waals surface area (Å²) in [7, 11) is 6.57. The molecular weight excluding hydrogens is 398 g/mol. The van der Waals surface area contributed by atoms with Crippen LogP contribution in [0, 0.1) is 0 Å². The first kappa shape index (κ1) is 21.9. The predicted octanol–water partition coefficient (Wildman–Crippen LogP) is 3.04. The molecule has 0 saturated carbocycles. The zero-order chi connectivity index (χ0) is 22.5. The zero-order valence-corrected chi connectivity index (χ0v) is 18.4. The summed E-state index contributed by atoms with van der Waals surface area (Å²) in [6.45, 7) is 1.87. The van der Waals surface area contributed by atoms with Crippen molar-refractivity contribution in [2.75, 3.05) is 45.1 Å². The summed E-state index contributed by atoms with van der Waals surface area (Å²) in [5.41, 5.74) is 1.84. The molecule has 0 atom stereocenters. The third kappa shape index (κ3) is 4.55. The molecule has 31 heavy (non-hydrogen) atoms. The van der Waals surface area contributed by atoms with E-state index < -0.39 is 0 Å². The molecule has 2 heterocycles. The van der Waals surface area contributed by atoms with Gasteiger partial charge in [-0.1, -0.05) is 19.1 Å². The van der Waals surface area contributed by atoms with Gasteiger partial charge in [-0.2, -0.15) is 0 Å². The van der Waals surface area contributed by atoms with Gasteiger partial charge in [0.05, 0.1) is 18.5 Å². The van der Waals surface area contributed by atoms with Crippen LogP contribution in [-0.4, -0.2) is 61.1 Å². The summed E-state index contributed by atoms with van der Waals surface area (Å²) in [6, 6.07) is 10.4. The van der Waals surface area contributed by atoms with Crippen molar-refractivity contribution >= 4 is 29.1 Å². The third-order valence-corrected chi connectivity index (χ3v) is 4.81. The minimum Gasteiger partial charge on any atom is -0.495 e. The minimum absolute atomic E-state index is 0.0968. The molecule has 1 aromatic carbocycles. The Balaban J connectivity index is 1.92. The molecule has 3 rings (SSSR count). The van der Waals surface area contributed by atoms with Crippen molar-refractivity contribution in [1.29, 1.82) is 0 Å². The van der Waals surface area contributed by atoms with Gasteiger partial charge in [0.2, 0.25) is 0 Å². The molecule has 1 N–H and O–H groups in total. The Bertz CT molecular complexity index is 1090. The second kappa shape index (κ2) is 9.38. The topological polar surface area (TPSA) is 88.4 Å². The molecule has 3 amide bonds. The Morgan fingerprint density at radius 2 is 1.81 bits per heavy atom. The lowest BCUT2D eigenvalue weighted by atomic mass is 10.3. The highest BCUT2D eigenvalue weighted by atomic mass is 16.5. The number of likely N-dealkylation sites (N-methyl/N-ethyl adjacent to an activating group) is 1. The normalized spacial score (nSPS) is 10.6. The highest BCUT2D eigenvalue weighted by Crippen LogP contribution is 2.29. The fourth-order valence-corrected chi connectivity index (χ4v) is 3.09. The van der Waals surface area contributed by atoms with Gasteiger partial charge in [-0.15, -0.1) is 0 Å². The average Bonchev–Trinajstić information content (AvgIpc) is 3.16. The van der Waals surface area contributed by atoms with E-state index in [4.69, 9.17) is 9.47 Å². The first-order valence-corrected chi connectivity index (χ1v) is 9.88. The number of ether oxygens (including phenoxy) is 2. The number of hydrogen-bond donors (Lipinski definition) is 1. The van der Waals surface area contributed by atoms with Crippen molar-refractivity contribution in [1.82, 2.24) is 14.3 Å². The second-order valence-electron chi connectivity index (χ2n) is 7.07. The molecule has 0 saturated heterocycles. The molecule has 9 nitrogen and oxygen atoms in total. The van der Waals surface area contributed by atoms with E-state index in [1.54, 1.807) is 56.9 Å². The monoisotopic (exact) mass is 425 g/mol. The summed E-state index contributed by atoms with van der Waals surface area (Å²) in [4.78, 5) is 32.5. The van der Waals surface area contributed by atoms with Crippen LogP contribution in [0.4, 0.5) is 16.3 Å². The molecule has 164 valence electrons. The van der Waals surface area contributed by atoms with Gasteiger partial charge in [0, 0.05) is 27.3 Å². The van der Waals surface area contributed by atoms with Crippen LogP contribution in [-0.2, 0) is 11.2 Å². The van der Waals surface area contributed by atoms with E-state index in [0.717, 1.165) is 5.69 Å². The van der Waals surface area contributed by atoms with Gasteiger partial charge in [0.25, 0.3) is 5.91 Å². The van der Waals surface area contributed by atoms with Crippen LogP contribution in [0.2, 0.25) is 0 Å². The van der Waals surface area contributed by atoms with Crippen LogP contribution in [0.15, 0.2) is 42.6 Å². The molecule has 2 aromatic heterocycles. The minimum atomic E-state index is -0.338. The largest absolute Gasteiger partial charge is 0.495 e. The van der Waals surface area contributed by atoms with Gasteiger partial charge < -0.3 is 19.7 Å². The average molecular weight is 425 g/mol. The van der Waals surface area contributed by atoms with E-state index in [1.165, 1.54) is 9.80 Å². The standard InChI is InChI=1S/C22H27N5O4/c1-6-15-21(26(4)22(29)24-16-10-7-8-11-17(16)30-5)27-13-9-12-18(20(27)23-15)31-14-19(28)25(2)3/h7-13H,6,14H2,1-5H3,(H,24,29). The number of benzene rings is 1. The highest BCUT2D eigenvalue weighted by molar-refractivity contribution is 6.02. The van der Waals surface area contributed by atoms with Crippen LogP contribution in [0.1, 0.15) is 12.6 Å². The van der Waals surface area contributed by atoms with Crippen molar-refractivity contribution in [3.8, 4) is 11.5 Å². The number of pyridine rings is 1. The zero-order valence-electron chi connectivity index (χ0n) is 18.4. The number of aryl methyl sites for hydroxylation is 1. The Hall–Kier alpha value is -3.75. The summed E-state index contributed by atoms with van der Waals surface area (Å²) in [5.74, 6) is 1.50. The number of para-hydroxylation sites is 2. The van der Waals surface area contributed by atoms with Gasteiger partial charge in [-0.05, 0) is 30.7 Å². The van der Waals surface area contributed by atoms with Crippen LogP contribution < -0.4 is 19.7 Å². The van der Waals surface area contributed by atoms with Crippen LogP contribution >= 0.6 is 0 Å². The number of nitrogens with one attached hydrogen (secondary N) is 1. The molecule has 9 heteroatoms. The SMILES string of the molecule is CCc1nc2c(OCC(=O)N(C)C)cccn2c1N(C)C(=O)Nc1ccccc1OC. The van der Waals surface area contributed by atoms with E-state index in [9.17, 15) is 9.59 Å². The van der Waals surface area contributed by atoms with Gasteiger partial charge in [-0.3, -0.25) is 14.1 Å². The number of methoxy groups -OCH3 is 1. The van der Waals surface area contributed by atoms with Crippen LogP contribution in [0.5, 0.6) is 11.5 Å². The Morgan fingerprint density at radius 1 is 1.10 bits per heavy atom. The number of urea groups is 1. The van der Waals surface area contributed by atoms with E-state index in [0.29, 0.717) is 35.1 Å². The number of aromatic nitrogens is 2. The highest BCUT2D eigenvalue weighted by Gasteiger charge is 2.22. The fraction of sp³-hybridized carbons (Fsp3) is 0.318. The maximum Gasteiger partial charge on any atom is 0.327 e. The Morgan fingerprint density at radius 3 is 2.48 bits per heavy atom. The molecule has 0 aliphatic rings. The van der Waals surface area contributed by atoms with Gasteiger partial charge in [-0.25, -0.2) is 9.78 Å². The summed E-state index contributed by atoms with van der Waals surface area (Å²) in [6.07, 6.45) is 2.42. The molecule has 0 radical (unpaired) electrons. The lowest BCUT2D eigenvalue weighted by Gasteiger charge is -2.20. The number of anilines is 2. The van der Waals surface area contributed by atoms with Crippen molar-refractivity contribution in [3.05, 3.63) is 48.3 Å². The molecule has 0 bridgehead atoms. The maximum absolute atomic E-state index is 13.0. The second-order valence-corrected chi connectivity index (χ2v) is 7.07. The lowest BCUT2D eigenvalue weighted by Crippen LogP contribution is -2.32. The number of carbonyl (C=O) groups excluding carboxylic acids is 2. The number of carbonyl (C=O) groups is 2. The molecule has 0 aliphatic carbocycles. The van der Waals surface area contributed by atoms with Crippen LogP contribution in [0.3, 0.4) is 0 Å². The number of hydrogen-bond acceptors (Lipinski definition) is 5. The third-order valence-electron chi connectivity index (χ3n) is 4.81. The smallest absolute Gasteiger partial charge is 0.327 e. The van der Waals surface area contributed by atoms with E-state index >= 15 is 0 Å². The first-order chi connectivity index (χ1) is 14.9. The summed E-state index contributed by atoms with van der Waals surface area (Å²) < 4.78 is 12.8. The fourth-order valence-electron chi connectivity index (χ4n) is 3.09. The van der Waals surface area contributed by atoms with Crippen molar-refractivity contribution < 1.29 is 19.1 Å². The number of amides is 3. The van der Waals surface area contributed by atoms with Gasteiger partial charge in [0.15, 0.2) is 18.0 Å². The molecule has 0 aliphatic heterocycles. The van der Waals surface area contributed by atoms with Crippen molar-refractivity contribution in [3.63, 3.8) is 0 Å². The Labute approximate surface area is 181 Å². The summed E-state index contributed by atoms with van der Waals surface area (Å²) in [5, 5.41) is 2.87. The van der Waals surface area contributed by atoms with Crippen molar-refractivity contribution in [2.45, 2.75) is 13.3 Å². The van der Waals surface area contributed by atoms with E-state index in [2.05, 4.69) is 10.3 Å². The summed E-state index contributed by atoms with van der Waals surface area (Å²) >= 11 is 0. The Kier molecular flexibility index (Phi) is 6.64.